The van der Waals surface area contributed by atoms with Crippen molar-refractivity contribution in [3.8, 4) is 11.5 Å². The summed E-state index contributed by atoms with van der Waals surface area (Å²) in [5, 5.41) is 6.24. The molecule has 0 fully saturated rings. The number of methoxy groups -OCH3 is 2. The molecule has 6 nitrogen and oxygen atoms in total. The third-order valence-corrected chi connectivity index (χ3v) is 4.66. The van der Waals surface area contributed by atoms with E-state index < -0.39 is 0 Å². The highest BCUT2D eigenvalue weighted by Gasteiger charge is 2.11. The fraction of sp³-hybridized carbons (Fsp3) is 0.217. The van der Waals surface area contributed by atoms with Gasteiger partial charge in [0.05, 0.1) is 26.1 Å². The number of hydrogen-bond donors (Lipinski definition) is 2. The first-order chi connectivity index (χ1) is 14.0. The predicted molar refractivity (Wildman–Crippen MR) is 115 cm³/mol. The Bertz CT molecular complexity index is 980. The summed E-state index contributed by atoms with van der Waals surface area (Å²) >= 11 is 0. The van der Waals surface area contributed by atoms with E-state index in [1.807, 2.05) is 56.3 Å². The minimum atomic E-state index is -0.228. The standard InChI is InChI=1S/C23H25N3O3/c1-15-6-5-7-16(2)22(15)26-23(27)19-10-9-18(14-25-19)24-13-17-8-11-20(28-3)21(12-17)29-4/h5-12,14,24H,13H2,1-4H3,(H,26,27). The van der Waals surface area contributed by atoms with Gasteiger partial charge >= 0.3 is 0 Å². The fourth-order valence-corrected chi connectivity index (χ4v) is 3.02. The van der Waals surface area contributed by atoms with Gasteiger partial charge in [0.25, 0.3) is 5.91 Å². The highest BCUT2D eigenvalue weighted by molar-refractivity contribution is 6.03. The number of ether oxygens (including phenoxy) is 2. The third kappa shape index (κ3) is 4.85. The molecule has 2 aromatic carbocycles. The zero-order valence-corrected chi connectivity index (χ0v) is 17.1. The van der Waals surface area contributed by atoms with Crippen LogP contribution in [0.2, 0.25) is 0 Å². The summed E-state index contributed by atoms with van der Waals surface area (Å²) in [6.07, 6.45) is 1.65. The Hall–Kier alpha value is -3.54. The second-order valence-electron chi connectivity index (χ2n) is 6.70. The van der Waals surface area contributed by atoms with E-state index in [1.165, 1.54) is 0 Å². The molecule has 150 valence electrons. The van der Waals surface area contributed by atoms with Gasteiger partial charge in [0.2, 0.25) is 0 Å². The maximum atomic E-state index is 12.5. The minimum Gasteiger partial charge on any atom is -0.493 e. The lowest BCUT2D eigenvalue weighted by Crippen LogP contribution is -2.15. The van der Waals surface area contributed by atoms with Crippen LogP contribution in [0, 0.1) is 13.8 Å². The van der Waals surface area contributed by atoms with Gasteiger partial charge in [-0.15, -0.1) is 0 Å². The van der Waals surface area contributed by atoms with Gasteiger partial charge in [-0.25, -0.2) is 4.98 Å². The summed E-state index contributed by atoms with van der Waals surface area (Å²) in [5.41, 5.74) is 5.10. The average Bonchev–Trinajstić information content (AvgIpc) is 2.75. The van der Waals surface area contributed by atoms with E-state index in [1.54, 1.807) is 26.5 Å². The van der Waals surface area contributed by atoms with E-state index in [0.29, 0.717) is 23.7 Å². The minimum absolute atomic E-state index is 0.228. The quantitative estimate of drug-likeness (QED) is 0.617. The first-order valence-electron chi connectivity index (χ1n) is 9.30. The summed E-state index contributed by atoms with van der Waals surface area (Å²) in [4.78, 5) is 16.8. The number of pyridine rings is 1. The molecule has 0 unspecified atom stereocenters. The maximum absolute atomic E-state index is 12.5. The molecule has 0 atom stereocenters. The van der Waals surface area contributed by atoms with Crippen LogP contribution in [0.4, 0.5) is 11.4 Å². The number of para-hydroxylation sites is 1. The number of nitrogens with one attached hydrogen (secondary N) is 2. The van der Waals surface area contributed by atoms with Crippen LogP contribution in [0.3, 0.4) is 0 Å². The van der Waals surface area contributed by atoms with Crippen molar-refractivity contribution < 1.29 is 14.3 Å². The summed E-state index contributed by atoms with van der Waals surface area (Å²) in [5.74, 6) is 1.15. The van der Waals surface area contributed by atoms with Gasteiger partial charge in [0, 0.05) is 12.2 Å². The van der Waals surface area contributed by atoms with Crippen LogP contribution in [0.5, 0.6) is 11.5 Å². The highest BCUT2D eigenvalue weighted by Crippen LogP contribution is 2.28. The molecule has 29 heavy (non-hydrogen) atoms. The van der Waals surface area contributed by atoms with Crippen LogP contribution in [-0.2, 0) is 6.54 Å². The topological polar surface area (TPSA) is 72.5 Å². The molecule has 0 aliphatic rings. The highest BCUT2D eigenvalue weighted by atomic mass is 16.5. The second-order valence-corrected chi connectivity index (χ2v) is 6.70. The molecule has 0 aliphatic heterocycles. The zero-order valence-electron chi connectivity index (χ0n) is 17.1. The molecule has 0 saturated heterocycles. The van der Waals surface area contributed by atoms with Crippen molar-refractivity contribution in [1.29, 1.82) is 0 Å². The normalized spacial score (nSPS) is 10.3. The van der Waals surface area contributed by atoms with Crippen LogP contribution in [-0.4, -0.2) is 25.1 Å². The van der Waals surface area contributed by atoms with Crippen LogP contribution in [0.1, 0.15) is 27.2 Å². The summed E-state index contributed by atoms with van der Waals surface area (Å²) in [6.45, 7) is 4.53. The monoisotopic (exact) mass is 391 g/mol. The Labute approximate surface area is 170 Å². The van der Waals surface area contributed by atoms with E-state index in [9.17, 15) is 4.79 Å². The molecule has 0 aliphatic carbocycles. The molecule has 1 heterocycles. The first kappa shape index (κ1) is 20.2. The lowest BCUT2D eigenvalue weighted by molar-refractivity contribution is 0.102. The molecule has 0 bridgehead atoms. The van der Waals surface area contributed by atoms with Gasteiger partial charge in [-0.05, 0) is 54.8 Å². The van der Waals surface area contributed by atoms with Crippen molar-refractivity contribution in [3.63, 3.8) is 0 Å². The Balaban J connectivity index is 1.63. The van der Waals surface area contributed by atoms with Crippen LogP contribution >= 0.6 is 0 Å². The van der Waals surface area contributed by atoms with Crippen molar-refractivity contribution in [3.05, 3.63) is 77.1 Å². The molecule has 6 heteroatoms. The smallest absolute Gasteiger partial charge is 0.274 e. The van der Waals surface area contributed by atoms with Crippen molar-refractivity contribution >= 4 is 17.3 Å². The number of anilines is 2. The molecule has 0 spiro atoms. The van der Waals surface area contributed by atoms with E-state index >= 15 is 0 Å². The Kier molecular flexibility index (Phi) is 6.34. The molecule has 3 rings (SSSR count). The molecular formula is C23H25N3O3. The van der Waals surface area contributed by atoms with E-state index in [-0.39, 0.29) is 5.91 Å². The number of aryl methyl sites for hydroxylation is 2. The number of amides is 1. The molecule has 0 radical (unpaired) electrons. The summed E-state index contributed by atoms with van der Waals surface area (Å²) < 4.78 is 10.6. The van der Waals surface area contributed by atoms with Crippen LogP contribution in [0.15, 0.2) is 54.7 Å². The molecule has 2 N–H and O–H groups in total. The van der Waals surface area contributed by atoms with Crippen molar-refractivity contribution in [2.75, 3.05) is 24.9 Å². The van der Waals surface area contributed by atoms with Gasteiger partial charge in [0.1, 0.15) is 5.69 Å². The lowest BCUT2D eigenvalue weighted by Gasteiger charge is -2.12. The Morgan fingerprint density at radius 3 is 2.31 bits per heavy atom. The lowest BCUT2D eigenvalue weighted by atomic mass is 10.1. The van der Waals surface area contributed by atoms with Crippen LogP contribution in [0.25, 0.3) is 0 Å². The number of aromatic nitrogens is 1. The number of rotatable bonds is 7. The van der Waals surface area contributed by atoms with Gasteiger partial charge in [0.15, 0.2) is 11.5 Å². The van der Waals surface area contributed by atoms with Crippen LogP contribution < -0.4 is 20.1 Å². The third-order valence-electron chi connectivity index (χ3n) is 4.66. The van der Waals surface area contributed by atoms with Crippen molar-refractivity contribution in [1.82, 2.24) is 4.98 Å². The van der Waals surface area contributed by atoms with Gasteiger partial charge in [-0.3, -0.25) is 4.79 Å². The maximum Gasteiger partial charge on any atom is 0.274 e. The van der Waals surface area contributed by atoms with E-state index in [4.69, 9.17) is 9.47 Å². The largest absolute Gasteiger partial charge is 0.493 e. The number of benzene rings is 2. The molecule has 1 amide bonds. The summed E-state index contributed by atoms with van der Waals surface area (Å²) in [6, 6.07) is 15.2. The number of hydrogen-bond acceptors (Lipinski definition) is 5. The Morgan fingerprint density at radius 1 is 0.966 bits per heavy atom. The number of carbonyl (C=O) groups excluding carboxylic acids is 1. The average molecular weight is 391 g/mol. The van der Waals surface area contributed by atoms with E-state index in [2.05, 4.69) is 15.6 Å². The molecular weight excluding hydrogens is 366 g/mol. The predicted octanol–water partition coefficient (Wildman–Crippen LogP) is 4.58. The van der Waals surface area contributed by atoms with Crippen molar-refractivity contribution in [2.45, 2.75) is 20.4 Å². The fourth-order valence-electron chi connectivity index (χ4n) is 3.02. The zero-order chi connectivity index (χ0) is 20.8. The van der Waals surface area contributed by atoms with Gasteiger partial charge < -0.3 is 20.1 Å². The number of nitrogens with zero attached hydrogens (tertiary/aromatic N) is 1. The molecule has 1 aromatic heterocycles. The Morgan fingerprint density at radius 2 is 1.69 bits per heavy atom. The van der Waals surface area contributed by atoms with Gasteiger partial charge in [-0.1, -0.05) is 24.3 Å². The SMILES string of the molecule is COc1ccc(CNc2ccc(C(=O)Nc3c(C)cccc3C)nc2)cc1OC. The first-order valence-corrected chi connectivity index (χ1v) is 9.30. The number of carbonyl (C=O) groups is 1. The van der Waals surface area contributed by atoms with Crippen molar-refractivity contribution in [2.24, 2.45) is 0 Å². The van der Waals surface area contributed by atoms with Gasteiger partial charge in [-0.2, -0.15) is 0 Å². The van der Waals surface area contributed by atoms with E-state index in [0.717, 1.165) is 28.1 Å². The second kappa shape index (κ2) is 9.10. The molecule has 3 aromatic rings. The summed E-state index contributed by atoms with van der Waals surface area (Å²) in [7, 11) is 3.22. The molecule has 0 saturated carbocycles.